The molecule has 0 radical (unpaired) electrons. The van der Waals surface area contributed by atoms with Crippen LogP contribution >= 0.6 is 39.1 Å². The third-order valence-electron chi connectivity index (χ3n) is 2.64. The van der Waals surface area contributed by atoms with Crippen LogP contribution in [0.5, 0.6) is 0 Å². The Labute approximate surface area is 124 Å². The molecule has 0 bridgehead atoms. The van der Waals surface area contributed by atoms with Crippen LogP contribution < -0.4 is 0 Å². The molecule has 0 saturated heterocycles. The largest absolute Gasteiger partial charge is 0.458 e. The maximum Gasteiger partial charge on any atom is 0.135 e. The fraction of sp³-hybridized carbons (Fsp3) is 0.231. The summed E-state index contributed by atoms with van der Waals surface area (Å²) >= 11 is 15.5. The van der Waals surface area contributed by atoms with E-state index in [0.717, 1.165) is 4.47 Å². The summed E-state index contributed by atoms with van der Waals surface area (Å²) in [5, 5.41) is 10.6. The molecule has 1 heterocycles. The first kappa shape index (κ1) is 13.9. The normalized spacial score (nSPS) is 12.7. The smallest absolute Gasteiger partial charge is 0.135 e. The molecule has 1 aromatic heterocycles. The molecule has 0 aliphatic rings. The van der Waals surface area contributed by atoms with Crippen LogP contribution in [-0.4, -0.2) is 5.11 Å². The summed E-state index contributed by atoms with van der Waals surface area (Å²) in [4.78, 5) is 0. The molecule has 0 amide bonds. The van der Waals surface area contributed by atoms with Gasteiger partial charge in [0, 0.05) is 10.0 Å². The van der Waals surface area contributed by atoms with Gasteiger partial charge in [0.05, 0.1) is 10.0 Å². The highest BCUT2D eigenvalue weighted by atomic mass is 79.9. The Morgan fingerprint density at radius 2 is 1.94 bits per heavy atom. The molecule has 1 N–H and O–H groups in total. The second kappa shape index (κ2) is 5.66. The van der Waals surface area contributed by atoms with Crippen molar-refractivity contribution in [2.75, 3.05) is 0 Å². The molecule has 1 atom stereocenters. The molecule has 96 valence electrons. The van der Waals surface area contributed by atoms with Gasteiger partial charge in [-0.25, -0.2) is 0 Å². The van der Waals surface area contributed by atoms with Crippen molar-refractivity contribution in [3.63, 3.8) is 0 Å². The summed E-state index contributed by atoms with van der Waals surface area (Å²) in [7, 11) is 0. The number of aliphatic hydroxyl groups is 1. The van der Waals surface area contributed by atoms with Gasteiger partial charge in [0.15, 0.2) is 0 Å². The molecule has 0 aliphatic heterocycles. The lowest BCUT2D eigenvalue weighted by Crippen LogP contribution is -1.91. The van der Waals surface area contributed by atoms with Crippen LogP contribution in [0.4, 0.5) is 0 Å². The van der Waals surface area contributed by atoms with Crippen molar-refractivity contribution in [2.24, 2.45) is 0 Å². The molecule has 0 fully saturated rings. The summed E-state index contributed by atoms with van der Waals surface area (Å²) in [5.41, 5.74) is 0.708. The second-order valence-corrected chi connectivity index (χ2v) is 5.46. The minimum absolute atomic E-state index is 0.429. The van der Waals surface area contributed by atoms with E-state index in [9.17, 15) is 5.11 Å². The highest BCUT2D eigenvalue weighted by Gasteiger charge is 2.15. The van der Waals surface area contributed by atoms with Gasteiger partial charge in [-0.05, 0) is 46.6 Å². The van der Waals surface area contributed by atoms with Gasteiger partial charge in [0.2, 0.25) is 0 Å². The van der Waals surface area contributed by atoms with E-state index in [1.165, 1.54) is 0 Å². The van der Waals surface area contributed by atoms with Crippen molar-refractivity contribution < 1.29 is 9.52 Å². The van der Waals surface area contributed by atoms with Gasteiger partial charge in [-0.3, -0.25) is 0 Å². The van der Waals surface area contributed by atoms with Crippen LogP contribution in [0.3, 0.4) is 0 Å². The molecule has 0 spiro atoms. The van der Waals surface area contributed by atoms with E-state index in [2.05, 4.69) is 15.9 Å². The first-order valence-electron chi connectivity index (χ1n) is 5.46. The van der Waals surface area contributed by atoms with Crippen LogP contribution in [-0.2, 0) is 0 Å². The molecule has 0 aliphatic carbocycles. The van der Waals surface area contributed by atoms with E-state index in [-0.39, 0.29) is 0 Å². The fourth-order valence-corrected chi connectivity index (χ4v) is 2.46. The van der Waals surface area contributed by atoms with Gasteiger partial charge in [-0.2, -0.15) is 0 Å². The third-order valence-corrected chi connectivity index (χ3v) is 4.41. The van der Waals surface area contributed by atoms with Crippen molar-refractivity contribution in [3.05, 3.63) is 44.5 Å². The van der Waals surface area contributed by atoms with E-state index in [0.29, 0.717) is 33.6 Å². The minimum Gasteiger partial charge on any atom is -0.458 e. The number of aliphatic hydroxyl groups excluding tert-OH is 1. The Hall–Kier alpha value is -0.480. The van der Waals surface area contributed by atoms with Gasteiger partial charge in [0.25, 0.3) is 0 Å². The number of benzene rings is 1. The molecule has 1 aromatic carbocycles. The average Bonchev–Trinajstić information content (AvgIpc) is 2.84. The quantitative estimate of drug-likeness (QED) is 0.746. The van der Waals surface area contributed by atoms with Crippen LogP contribution in [0.25, 0.3) is 11.3 Å². The lowest BCUT2D eigenvalue weighted by molar-refractivity contribution is 0.147. The predicted molar refractivity (Wildman–Crippen MR) is 77.1 cm³/mol. The van der Waals surface area contributed by atoms with Crippen molar-refractivity contribution in [2.45, 2.75) is 19.4 Å². The Kier molecular flexibility index (Phi) is 4.38. The van der Waals surface area contributed by atoms with Gasteiger partial charge < -0.3 is 9.52 Å². The average molecular weight is 350 g/mol. The van der Waals surface area contributed by atoms with Crippen molar-refractivity contribution in [1.29, 1.82) is 0 Å². The maximum absolute atomic E-state index is 9.70. The van der Waals surface area contributed by atoms with Gasteiger partial charge in [-0.1, -0.05) is 30.1 Å². The summed E-state index contributed by atoms with van der Waals surface area (Å²) in [5.74, 6) is 1.12. The van der Waals surface area contributed by atoms with Crippen molar-refractivity contribution in [3.8, 4) is 11.3 Å². The zero-order chi connectivity index (χ0) is 13.3. The van der Waals surface area contributed by atoms with Crippen LogP contribution in [0, 0.1) is 0 Å². The van der Waals surface area contributed by atoms with Crippen LogP contribution in [0.2, 0.25) is 10.0 Å². The Balaban J connectivity index is 2.43. The highest BCUT2D eigenvalue weighted by molar-refractivity contribution is 9.10. The number of halogens is 3. The van der Waals surface area contributed by atoms with E-state index >= 15 is 0 Å². The SMILES string of the molecule is CCC(O)c1ccc(-c2ccc(Br)c(Cl)c2Cl)o1. The Morgan fingerprint density at radius 1 is 1.22 bits per heavy atom. The topological polar surface area (TPSA) is 33.4 Å². The van der Waals surface area contributed by atoms with Crippen LogP contribution in [0.15, 0.2) is 33.2 Å². The summed E-state index contributed by atoms with van der Waals surface area (Å²) in [6.07, 6.45) is 0.00496. The van der Waals surface area contributed by atoms with E-state index in [1.807, 2.05) is 19.1 Å². The zero-order valence-corrected chi connectivity index (χ0v) is 12.7. The van der Waals surface area contributed by atoms with E-state index < -0.39 is 6.10 Å². The highest BCUT2D eigenvalue weighted by Crippen LogP contribution is 2.39. The molecule has 2 nitrogen and oxygen atoms in total. The number of furan rings is 1. The summed E-state index contributed by atoms with van der Waals surface area (Å²) in [6.45, 7) is 1.89. The lowest BCUT2D eigenvalue weighted by Gasteiger charge is -2.06. The summed E-state index contributed by atoms with van der Waals surface area (Å²) < 4.78 is 6.32. The Bertz CT molecular complexity index is 566. The van der Waals surface area contributed by atoms with Crippen molar-refractivity contribution >= 4 is 39.1 Å². The second-order valence-electron chi connectivity index (χ2n) is 3.85. The maximum atomic E-state index is 9.70. The molecular weight excluding hydrogens is 339 g/mol. The monoisotopic (exact) mass is 348 g/mol. The van der Waals surface area contributed by atoms with Crippen molar-refractivity contribution in [1.82, 2.24) is 0 Å². The lowest BCUT2D eigenvalue weighted by atomic mass is 10.2. The Morgan fingerprint density at radius 3 is 2.61 bits per heavy atom. The first-order chi connectivity index (χ1) is 8.54. The van der Waals surface area contributed by atoms with E-state index in [1.54, 1.807) is 12.1 Å². The molecule has 1 unspecified atom stereocenters. The van der Waals surface area contributed by atoms with Gasteiger partial charge >= 0.3 is 0 Å². The molecule has 2 aromatic rings. The molecule has 5 heteroatoms. The number of hydrogen-bond donors (Lipinski definition) is 1. The van der Waals surface area contributed by atoms with Gasteiger partial charge in [0.1, 0.15) is 17.6 Å². The van der Waals surface area contributed by atoms with Crippen LogP contribution in [0.1, 0.15) is 25.2 Å². The van der Waals surface area contributed by atoms with Gasteiger partial charge in [-0.15, -0.1) is 0 Å². The summed E-state index contributed by atoms with van der Waals surface area (Å²) in [6, 6.07) is 7.15. The number of rotatable bonds is 3. The molecule has 2 rings (SSSR count). The third kappa shape index (κ3) is 2.59. The molecular formula is C13H11BrCl2O2. The zero-order valence-electron chi connectivity index (χ0n) is 9.58. The first-order valence-corrected chi connectivity index (χ1v) is 7.01. The van der Waals surface area contributed by atoms with E-state index in [4.69, 9.17) is 27.6 Å². The minimum atomic E-state index is -0.594. The molecule has 0 saturated carbocycles. The molecule has 18 heavy (non-hydrogen) atoms. The standard InChI is InChI=1S/C13H11BrCl2O2/c1-2-9(17)11-6-5-10(18-11)7-3-4-8(14)13(16)12(7)15/h3-6,9,17H,2H2,1H3. The fourth-order valence-electron chi connectivity index (χ4n) is 1.59. The number of hydrogen-bond acceptors (Lipinski definition) is 2. The predicted octanol–water partition coefficient (Wildman–Crippen LogP) is 5.46.